The molecule has 0 fully saturated rings. The van der Waals surface area contributed by atoms with Crippen molar-refractivity contribution in [1.82, 2.24) is 10.3 Å². The topological polar surface area (TPSA) is 34.2 Å². The summed E-state index contributed by atoms with van der Waals surface area (Å²) in [6.45, 7) is -0.0504. The molecule has 1 heterocycles. The fraction of sp³-hybridized carbons (Fsp3) is 0.312. The molecule has 1 unspecified atom stereocenters. The molecular formula is C16H18F2N2O. The maximum absolute atomic E-state index is 12.2. The molecular weight excluding hydrogens is 274 g/mol. The molecule has 1 aromatic carbocycles. The van der Waals surface area contributed by atoms with E-state index in [0.717, 1.165) is 24.2 Å². The minimum Gasteiger partial charge on any atom is -0.435 e. The molecule has 1 atom stereocenters. The number of pyridine rings is 1. The third kappa shape index (κ3) is 5.11. The molecule has 0 saturated carbocycles. The van der Waals surface area contributed by atoms with Gasteiger partial charge >= 0.3 is 6.61 Å². The molecule has 0 spiro atoms. The van der Waals surface area contributed by atoms with Gasteiger partial charge in [0.2, 0.25) is 0 Å². The maximum Gasteiger partial charge on any atom is 0.387 e. The SMILES string of the molecule is CC(NCCc1ccccn1)c1cccc(OC(F)F)c1. The van der Waals surface area contributed by atoms with Gasteiger partial charge in [-0.1, -0.05) is 18.2 Å². The van der Waals surface area contributed by atoms with E-state index in [1.165, 1.54) is 6.07 Å². The van der Waals surface area contributed by atoms with Crippen LogP contribution < -0.4 is 10.1 Å². The third-order valence-corrected chi connectivity index (χ3v) is 3.14. The number of rotatable bonds is 7. The minimum absolute atomic E-state index is 0.0509. The van der Waals surface area contributed by atoms with E-state index in [9.17, 15) is 8.78 Å². The molecule has 2 rings (SSSR count). The lowest BCUT2D eigenvalue weighted by atomic mass is 10.1. The molecule has 1 N–H and O–H groups in total. The third-order valence-electron chi connectivity index (χ3n) is 3.14. The van der Waals surface area contributed by atoms with Crippen LogP contribution in [0.3, 0.4) is 0 Å². The number of hydrogen-bond donors (Lipinski definition) is 1. The first kappa shape index (κ1) is 15.4. The largest absolute Gasteiger partial charge is 0.435 e. The first-order valence-corrected chi connectivity index (χ1v) is 6.83. The zero-order valence-corrected chi connectivity index (χ0v) is 11.8. The summed E-state index contributed by atoms with van der Waals surface area (Å²) in [5.74, 6) is 0.181. The predicted octanol–water partition coefficient (Wildman–Crippen LogP) is 3.58. The molecule has 0 aliphatic rings. The second kappa shape index (κ2) is 7.69. The highest BCUT2D eigenvalue weighted by Gasteiger charge is 2.08. The standard InChI is InChI=1S/C16H18F2N2O/c1-12(19-10-8-14-6-2-3-9-20-14)13-5-4-7-15(11-13)21-16(17)18/h2-7,9,11-12,16,19H,8,10H2,1H3. The average molecular weight is 292 g/mol. The number of nitrogens with one attached hydrogen (secondary N) is 1. The second-order valence-electron chi connectivity index (χ2n) is 4.70. The van der Waals surface area contributed by atoms with Gasteiger partial charge in [0, 0.05) is 30.9 Å². The molecule has 3 nitrogen and oxygen atoms in total. The van der Waals surface area contributed by atoms with Gasteiger partial charge in [-0.25, -0.2) is 0 Å². The first-order valence-electron chi connectivity index (χ1n) is 6.83. The maximum atomic E-state index is 12.2. The van der Waals surface area contributed by atoms with Crippen molar-refractivity contribution in [3.05, 3.63) is 59.9 Å². The smallest absolute Gasteiger partial charge is 0.387 e. The molecule has 2 aromatic rings. The summed E-state index contributed by atoms with van der Waals surface area (Å²) in [6.07, 6.45) is 2.59. The molecule has 0 amide bonds. The van der Waals surface area contributed by atoms with Gasteiger partial charge in [-0.05, 0) is 36.8 Å². The number of halogens is 2. The number of benzene rings is 1. The Morgan fingerprint density at radius 1 is 1.19 bits per heavy atom. The molecule has 0 aliphatic carbocycles. The first-order chi connectivity index (χ1) is 10.1. The van der Waals surface area contributed by atoms with Crippen LogP contribution in [-0.4, -0.2) is 18.1 Å². The summed E-state index contributed by atoms with van der Waals surface area (Å²) in [7, 11) is 0. The molecule has 0 radical (unpaired) electrons. The Morgan fingerprint density at radius 2 is 2.05 bits per heavy atom. The summed E-state index contributed by atoms with van der Waals surface area (Å²) < 4.78 is 28.8. The normalized spacial score (nSPS) is 12.4. The van der Waals surface area contributed by atoms with Crippen LogP contribution in [0.1, 0.15) is 24.2 Å². The van der Waals surface area contributed by atoms with Gasteiger partial charge < -0.3 is 10.1 Å². The molecule has 0 aliphatic heterocycles. The predicted molar refractivity (Wildman–Crippen MR) is 77.4 cm³/mol. The fourth-order valence-corrected chi connectivity index (χ4v) is 2.04. The van der Waals surface area contributed by atoms with Crippen molar-refractivity contribution in [2.75, 3.05) is 6.54 Å². The van der Waals surface area contributed by atoms with E-state index in [1.54, 1.807) is 18.3 Å². The summed E-state index contributed by atoms with van der Waals surface area (Å²) in [5.41, 5.74) is 1.93. The van der Waals surface area contributed by atoms with Crippen LogP contribution in [0.4, 0.5) is 8.78 Å². The van der Waals surface area contributed by atoms with E-state index in [-0.39, 0.29) is 11.8 Å². The molecule has 5 heteroatoms. The Morgan fingerprint density at radius 3 is 2.76 bits per heavy atom. The average Bonchev–Trinajstić information content (AvgIpc) is 2.48. The zero-order valence-electron chi connectivity index (χ0n) is 11.8. The summed E-state index contributed by atoms with van der Waals surface area (Å²) in [4.78, 5) is 4.25. The van der Waals surface area contributed by atoms with Crippen LogP contribution in [0, 0.1) is 0 Å². The van der Waals surface area contributed by atoms with Crippen LogP contribution in [0.25, 0.3) is 0 Å². The number of nitrogens with zero attached hydrogens (tertiary/aromatic N) is 1. The fourth-order valence-electron chi connectivity index (χ4n) is 2.04. The summed E-state index contributed by atoms with van der Waals surface area (Å²) >= 11 is 0. The molecule has 0 saturated heterocycles. The van der Waals surface area contributed by atoms with Crippen molar-refractivity contribution < 1.29 is 13.5 Å². The molecule has 21 heavy (non-hydrogen) atoms. The Labute approximate surface area is 123 Å². The van der Waals surface area contributed by atoms with E-state index in [1.807, 2.05) is 31.2 Å². The van der Waals surface area contributed by atoms with Crippen molar-refractivity contribution >= 4 is 0 Å². The van der Waals surface area contributed by atoms with Crippen LogP contribution in [0.5, 0.6) is 5.75 Å². The Hall–Kier alpha value is -2.01. The van der Waals surface area contributed by atoms with Crippen molar-refractivity contribution in [3.63, 3.8) is 0 Å². The van der Waals surface area contributed by atoms with Gasteiger partial charge in [-0.2, -0.15) is 8.78 Å². The quantitative estimate of drug-likeness (QED) is 0.847. The van der Waals surface area contributed by atoms with Crippen molar-refractivity contribution in [2.45, 2.75) is 26.0 Å². The van der Waals surface area contributed by atoms with Gasteiger partial charge in [0.25, 0.3) is 0 Å². The monoisotopic (exact) mass is 292 g/mol. The number of ether oxygens (including phenoxy) is 1. The van der Waals surface area contributed by atoms with Gasteiger partial charge in [0.05, 0.1) is 0 Å². The minimum atomic E-state index is -2.80. The lowest BCUT2D eigenvalue weighted by Gasteiger charge is -2.15. The lowest BCUT2D eigenvalue weighted by molar-refractivity contribution is -0.0499. The molecule has 0 bridgehead atoms. The van der Waals surface area contributed by atoms with Crippen molar-refractivity contribution in [3.8, 4) is 5.75 Å². The van der Waals surface area contributed by atoms with Crippen LogP contribution in [-0.2, 0) is 6.42 Å². The van der Waals surface area contributed by atoms with Gasteiger partial charge in [-0.3, -0.25) is 4.98 Å². The molecule has 112 valence electrons. The lowest BCUT2D eigenvalue weighted by Crippen LogP contribution is -2.21. The van der Waals surface area contributed by atoms with Crippen LogP contribution >= 0.6 is 0 Å². The van der Waals surface area contributed by atoms with Crippen LogP contribution in [0.2, 0.25) is 0 Å². The molecule has 1 aromatic heterocycles. The van der Waals surface area contributed by atoms with E-state index < -0.39 is 6.61 Å². The number of hydrogen-bond acceptors (Lipinski definition) is 3. The van der Waals surface area contributed by atoms with Gasteiger partial charge in [-0.15, -0.1) is 0 Å². The summed E-state index contributed by atoms with van der Waals surface area (Å²) in [5, 5.41) is 3.34. The Bertz CT molecular complexity index is 549. The van der Waals surface area contributed by atoms with E-state index in [2.05, 4.69) is 15.0 Å². The van der Waals surface area contributed by atoms with Gasteiger partial charge in [0.15, 0.2) is 0 Å². The number of aromatic nitrogens is 1. The highest BCUT2D eigenvalue weighted by atomic mass is 19.3. The number of alkyl halides is 2. The van der Waals surface area contributed by atoms with E-state index in [0.29, 0.717) is 0 Å². The van der Waals surface area contributed by atoms with Gasteiger partial charge in [0.1, 0.15) is 5.75 Å². The zero-order chi connectivity index (χ0) is 15.1. The Balaban J connectivity index is 1.86. The van der Waals surface area contributed by atoms with E-state index >= 15 is 0 Å². The highest BCUT2D eigenvalue weighted by Crippen LogP contribution is 2.20. The Kier molecular flexibility index (Phi) is 5.63. The second-order valence-corrected chi connectivity index (χ2v) is 4.70. The van der Waals surface area contributed by atoms with E-state index in [4.69, 9.17) is 0 Å². The van der Waals surface area contributed by atoms with Crippen LogP contribution in [0.15, 0.2) is 48.7 Å². The summed E-state index contributed by atoms with van der Waals surface area (Å²) in [6, 6.07) is 12.6. The van der Waals surface area contributed by atoms with Crippen molar-refractivity contribution in [1.29, 1.82) is 0 Å². The van der Waals surface area contributed by atoms with Crippen molar-refractivity contribution in [2.24, 2.45) is 0 Å². The highest BCUT2D eigenvalue weighted by molar-refractivity contribution is 5.30.